The smallest absolute Gasteiger partial charge is 0.409 e. The average Bonchev–Trinajstić information content (AvgIpc) is 3.47. The number of carbonyl (C=O) groups is 3. The zero-order valence-electron chi connectivity index (χ0n) is 22.9. The summed E-state index contributed by atoms with van der Waals surface area (Å²) < 4.78 is 12.7. The lowest BCUT2D eigenvalue weighted by molar-refractivity contribution is -0.137. The second-order valence-corrected chi connectivity index (χ2v) is 11.5. The van der Waals surface area contributed by atoms with Gasteiger partial charge in [-0.25, -0.2) is 19.7 Å². The van der Waals surface area contributed by atoms with E-state index in [0.717, 1.165) is 25.7 Å². The minimum atomic E-state index is -1.41. The molecule has 2 aromatic heterocycles. The van der Waals surface area contributed by atoms with E-state index in [9.17, 15) is 24.6 Å². The van der Waals surface area contributed by atoms with Gasteiger partial charge in [-0.15, -0.1) is 0 Å². The van der Waals surface area contributed by atoms with Gasteiger partial charge in [0.2, 0.25) is 5.91 Å². The molecule has 0 spiro atoms. The summed E-state index contributed by atoms with van der Waals surface area (Å²) in [5.74, 6) is 0.139. The molecule has 1 aliphatic carbocycles. The molecular weight excluding hydrogens is 536 g/mol. The van der Waals surface area contributed by atoms with E-state index in [1.54, 1.807) is 16.8 Å². The van der Waals surface area contributed by atoms with Crippen LogP contribution < -0.4 is 11.1 Å². The highest BCUT2D eigenvalue weighted by Gasteiger charge is 2.48. The summed E-state index contributed by atoms with van der Waals surface area (Å²) in [7, 11) is 1.75. The van der Waals surface area contributed by atoms with E-state index in [0.29, 0.717) is 49.5 Å². The van der Waals surface area contributed by atoms with Crippen LogP contribution in [0.15, 0.2) is 6.33 Å². The van der Waals surface area contributed by atoms with Crippen LogP contribution in [0.2, 0.25) is 0 Å². The zero-order valence-corrected chi connectivity index (χ0v) is 22.9. The number of hydrogen-bond donors (Lipinski definition) is 4. The third-order valence-electron chi connectivity index (χ3n) is 8.48. The summed E-state index contributed by atoms with van der Waals surface area (Å²) in [6, 6.07) is 0.0843. The van der Waals surface area contributed by atoms with Crippen LogP contribution in [0, 0.1) is 11.8 Å². The summed E-state index contributed by atoms with van der Waals surface area (Å²) in [6.45, 7) is 1.81. The number of aliphatic hydroxyl groups excluding tert-OH is 2. The SMILES string of the molecule is CN1CCC(COC(=O)N2CCC(Cc3nc(N)c4ncn([C@@H]5O[C@H](C(=O)NC6CC6)C(O)C5O)c4n3)CC2)C1=O. The molecule has 0 radical (unpaired) electrons. The molecule has 3 aliphatic heterocycles. The van der Waals surface area contributed by atoms with Crippen LogP contribution in [-0.2, 0) is 25.5 Å². The fraction of sp³-hybridized carbons (Fsp3) is 0.692. The molecule has 0 bridgehead atoms. The summed E-state index contributed by atoms with van der Waals surface area (Å²) in [5, 5.41) is 24.0. The van der Waals surface area contributed by atoms with Gasteiger partial charge in [-0.1, -0.05) is 0 Å². The van der Waals surface area contributed by atoms with Crippen LogP contribution in [-0.4, -0.2) is 115 Å². The van der Waals surface area contributed by atoms with Gasteiger partial charge in [0.25, 0.3) is 5.91 Å². The Morgan fingerprint density at radius 3 is 2.56 bits per heavy atom. The van der Waals surface area contributed by atoms with Gasteiger partial charge in [0.05, 0.1) is 12.2 Å². The second kappa shape index (κ2) is 11.0. The molecule has 15 nitrogen and oxygen atoms in total. The lowest BCUT2D eigenvalue weighted by Gasteiger charge is -2.31. The summed E-state index contributed by atoms with van der Waals surface area (Å²) in [6.07, 6.45) is 0.325. The van der Waals surface area contributed by atoms with Gasteiger partial charge < -0.3 is 40.5 Å². The van der Waals surface area contributed by atoms with Crippen LogP contribution in [0.1, 0.15) is 44.2 Å². The molecular formula is C26H36N8O7. The Kier molecular flexibility index (Phi) is 7.42. The molecule has 5 N–H and O–H groups in total. The van der Waals surface area contributed by atoms with Crippen LogP contribution in [0.3, 0.4) is 0 Å². The lowest BCUT2D eigenvalue weighted by atomic mass is 9.93. The zero-order chi connectivity index (χ0) is 28.8. The minimum Gasteiger partial charge on any atom is -0.449 e. The number of anilines is 1. The maximum atomic E-state index is 12.6. The number of aromatic nitrogens is 4. The molecule has 5 atom stereocenters. The normalized spacial score (nSPS) is 29.0. The molecule has 3 amide bonds. The molecule has 1 saturated carbocycles. The highest BCUT2D eigenvalue weighted by Crippen LogP contribution is 2.33. The number of ether oxygens (including phenoxy) is 2. The quantitative estimate of drug-likeness (QED) is 0.323. The number of nitrogens with one attached hydrogen (secondary N) is 1. The maximum absolute atomic E-state index is 12.6. The first-order chi connectivity index (χ1) is 19.7. The van der Waals surface area contributed by atoms with E-state index in [2.05, 4.69) is 20.3 Å². The van der Waals surface area contributed by atoms with Gasteiger partial charge in [0.1, 0.15) is 30.2 Å². The Bertz CT molecular complexity index is 1320. The average molecular weight is 573 g/mol. The molecule has 3 unspecified atom stereocenters. The van der Waals surface area contributed by atoms with Crippen LogP contribution in [0.5, 0.6) is 0 Å². The van der Waals surface area contributed by atoms with Crippen molar-refractivity contribution in [3.05, 3.63) is 12.2 Å². The number of rotatable bonds is 7. The number of imidazole rings is 1. The topological polar surface area (TPSA) is 198 Å². The van der Waals surface area contributed by atoms with E-state index < -0.39 is 36.5 Å². The number of fused-ring (bicyclic) bond motifs is 1. The summed E-state index contributed by atoms with van der Waals surface area (Å²) in [5.41, 5.74) is 6.86. The summed E-state index contributed by atoms with van der Waals surface area (Å²) >= 11 is 0. The van der Waals surface area contributed by atoms with E-state index in [1.165, 1.54) is 10.9 Å². The van der Waals surface area contributed by atoms with Crippen LogP contribution >= 0.6 is 0 Å². The predicted molar refractivity (Wildman–Crippen MR) is 142 cm³/mol. The summed E-state index contributed by atoms with van der Waals surface area (Å²) in [4.78, 5) is 53.8. The number of nitrogens with two attached hydrogens (primary N) is 1. The van der Waals surface area contributed by atoms with Crippen molar-refractivity contribution < 1.29 is 34.1 Å². The minimum absolute atomic E-state index is 0.0122. The number of piperidine rings is 1. The van der Waals surface area contributed by atoms with Gasteiger partial charge in [-0.3, -0.25) is 14.2 Å². The third kappa shape index (κ3) is 5.53. The highest BCUT2D eigenvalue weighted by molar-refractivity contribution is 5.83. The van der Waals surface area contributed by atoms with Crippen molar-refractivity contribution in [2.75, 3.05) is 39.0 Å². The number of carbonyl (C=O) groups excluding carboxylic acids is 3. The molecule has 15 heteroatoms. The van der Waals surface area contributed by atoms with E-state index in [4.69, 9.17) is 15.2 Å². The van der Waals surface area contributed by atoms with Gasteiger partial charge >= 0.3 is 6.09 Å². The molecule has 222 valence electrons. The number of likely N-dealkylation sites (tertiary alicyclic amines) is 2. The maximum Gasteiger partial charge on any atom is 0.409 e. The fourth-order valence-corrected chi connectivity index (χ4v) is 5.77. The van der Waals surface area contributed by atoms with Crippen molar-refractivity contribution in [3.63, 3.8) is 0 Å². The van der Waals surface area contributed by atoms with Crippen molar-refractivity contribution >= 4 is 34.9 Å². The molecule has 3 saturated heterocycles. The predicted octanol–water partition coefficient (Wildman–Crippen LogP) is -0.824. The molecule has 4 aliphatic rings. The van der Waals surface area contributed by atoms with Crippen molar-refractivity contribution in [3.8, 4) is 0 Å². The number of nitrogens with zero attached hydrogens (tertiary/aromatic N) is 6. The highest BCUT2D eigenvalue weighted by atomic mass is 16.6. The Morgan fingerprint density at radius 2 is 1.88 bits per heavy atom. The first kappa shape index (κ1) is 27.6. The molecule has 0 aromatic carbocycles. The van der Waals surface area contributed by atoms with Gasteiger partial charge in [0, 0.05) is 39.1 Å². The first-order valence-corrected chi connectivity index (χ1v) is 14.2. The molecule has 4 fully saturated rings. The molecule has 5 heterocycles. The van der Waals surface area contributed by atoms with Gasteiger partial charge in [-0.2, -0.15) is 0 Å². The standard InChI is InChI=1S/C26H36N8O7/c1-32-7-6-14(24(32)38)11-40-26(39)33-8-4-13(5-9-33)10-16-30-21(27)17-22(31-16)34(12-28-17)25-19(36)18(35)20(41-25)23(37)29-15-2-3-15/h12-15,18-20,25,35-36H,2-11H2,1H3,(H,29,37)(H2,27,30,31)/t14?,18?,19?,20-,25+/m0/s1. The van der Waals surface area contributed by atoms with E-state index in [1.807, 2.05) is 0 Å². The third-order valence-corrected chi connectivity index (χ3v) is 8.48. The van der Waals surface area contributed by atoms with Crippen molar-refractivity contribution in [1.29, 1.82) is 0 Å². The Labute approximate surface area is 236 Å². The van der Waals surface area contributed by atoms with Crippen molar-refractivity contribution in [2.24, 2.45) is 11.8 Å². The Balaban J connectivity index is 1.07. The molecule has 6 rings (SSSR count). The first-order valence-electron chi connectivity index (χ1n) is 14.2. The number of aliphatic hydroxyl groups is 2. The van der Waals surface area contributed by atoms with E-state index >= 15 is 0 Å². The van der Waals surface area contributed by atoms with Gasteiger partial charge in [-0.05, 0) is 38.0 Å². The monoisotopic (exact) mass is 572 g/mol. The number of amides is 3. The Morgan fingerprint density at radius 1 is 1.12 bits per heavy atom. The van der Waals surface area contributed by atoms with Crippen LogP contribution in [0.25, 0.3) is 11.2 Å². The number of hydrogen-bond acceptors (Lipinski definition) is 11. The second-order valence-electron chi connectivity index (χ2n) is 11.5. The number of nitrogen functional groups attached to an aromatic ring is 1. The largest absolute Gasteiger partial charge is 0.449 e. The lowest BCUT2D eigenvalue weighted by Crippen LogP contribution is -2.43. The molecule has 41 heavy (non-hydrogen) atoms. The van der Waals surface area contributed by atoms with Crippen molar-refractivity contribution in [2.45, 2.75) is 69.1 Å². The molecule has 2 aromatic rings. The fourth-order valence-electron chi connectivity index (χ4n) is 5.77. The van der Waals surface area contributed by atoms with Crippen LogP contribution in [0.4, 0.5) is 10.6 Å². The Hall–Kier alpha value is -3.56. The van der Waals surface area contributed by atoms with Gasteiger partial charge in [0.15, 0.2) is 23.8 Å². The van der Waals surface area contributed by atoms with Crippen molar-refractivity contribution in [1.82, 2.24) is 34.6 Å². The van der Waals surface area contributed by atoms with E-state index in [-0.39, 0.29) is 36.2 Å².